The Bertz CT molecular complexity index is 716. The molecule has 1 aromatic carbocycles. The van der Waals surface area contributed by atoms with Crippen LogP contribution in [0, 0.1) is 5.92 Å². The number of hydrogen-bond acceptors (Lipinski definition) is 3. The molecule has 1 aliphatic rings. The Labute approximate surface area is 166 Å². The highest BCUT2D eigenvalue weighted by atomic mass is 35.5. The number of nitrogens with zero attached hydrogens (tertiary/aromatic N) is 1. The number of benzene rings is 1. The zero-order valence-electron chi connectivity index (χ0n) is 15.2. The molecule has 26 heavy (non-hydrogen) atoms. The minimum Gasteiger partial charge on any atom is -0.353 e. The molecule has 0 aliphatic carbocycles. The largest absolute Gasteiger partial charge is 0.353 e. The number of carbonyl (C=O) groups is 1. The number of piperidine rings is 1. The van der Waals surface area contributed by atoms with Gasteiger partial charge < -0.3 is 5.32 Å². The quantitative estimate of drug-likeness (QED) is 0.728. The van der Waals surface area contributed by atoms with Gasteiger partial charge in [0.05, 0.1) is 11.7 Å². The minimum absolute atomic E-state index is 0.0608. The first-order valence-electron chi connectivity index (χ1n) is 8.99. The fourth-order valence-corrected chi connectivity index (χ4v) is 5.53. The van der Waals surface area contributed by atoms with Crippen molar-refractivity contribution in [1.82, 2.24) is 9.62 Å². The van der Waals surface area contributed by atoms with E-state index < -0.39 is 10.0 Å². The molecule has 0 saturated carbocycles. The molecule has 1 aliphatic heterocycles. The molecular weight excluding hydrogens is 395 g/mol. The van der Waals surface area contributed by atoms with E-state index in [1.165, 1.54) is 4.31 Å². The second-order valence-corrected chi connectivity index (χ2v) is 9.46. The number of sulfonamides is 1. The Morgan fingerprint density at radius 2 is 1.88 bits per heavy atom. The molecule has 1 aromatic rings. The van der Waals surface area contributed by atoms with Crippen molar-refractivity contribution in [3.05, 3.63) is 33.8 Å². The van der Waals surface area contributed by atoms with Gasteiger partial charge in [0, 0.05) is 34.7 Å². The maximum absolute atomic E-state index is 12.8. The molecule has 5 nitrogen and oxygen atoms in total. The van der Waals surface area contributed by atoms with Crippen LogP contribution >= 0.6 is 23.2 Å². The zero-order chi connectivity index (χ0) is 19.3. The van der Waals surface area contributed by atoms with Crippen molar-refractivity contribution in [3.63, 3.8) is 0 Å². The van der Waals surface area contributed by atoms with Gasteiger partial charge in [-0.25, -0.2) is 12.7 Å². The number of carbonyl (C=O) groups excluding carboxylic acids is 1. The Morgan fingerprint density at radius 1 is 1.27 bits per heavy atom. The lowest BCUT2D eigenvalue weighted by molar-refractivity contribution is -0.126. The van der Waals surface area contributed by atoms with Gasteiger partial charge in [-0.15, -0.1) is 0 Å². The van der Waals surface area contributed by atoms with E-state index in [0.717, 1.165) is 12.8 Å². The third-order valence-electron chi connectivity index (χ3n) is 4.87. The van der Waals surface area contributed by atoms with E-state index in [1.807, 2.05) is 13.8 Å². The van der Waals surface area contributed by atoms with E-state index in [4.69, 9.17) is 23.2 Å². The molecular formula is C18H26Cl2N2O3S. The van der Waals surface area contributed by atoms with E-state index in [-0.39, 0.29) is 30.2 Å². The van der Waals surface area contributed by atoms with E-state index in [0.29, 0.717) is 35.0 Å². The van der Waals surface area contributed by atoms with Gasteiger partial charge in [0.2, 0.25) is 15.9 Å². The predicted octanol–water partition coefficient (Wildman–Crippen LogP) is 3.84. The van der Waals surface area contributed by atoms with Gasteiger partial charge in [-0.2, -0.15) is 0 Å². The van der Waals surface area contributed by atoms with Crippen LogP contribution in [0.15, 0.2) is 18.2 Å². The molecule has 1 unspecified atom stereocenters. The molecule has 1 atom stereocenters. The lowest BCUT2D eigenvalue weighted by Crippen LogP contribution is -2.47. The van der Waals surface area contributed by atoms with Crippen molar-refractivity contribution in [1.29, 1.82) is 0 Å². The summed E-state index contributed by atoms with van der Waals surface area (Å²) in [6, 6.07) is 5.07. The third-order valence-corrected chi connectivity index (χ3v) is 7.35. The molecule has 0 aromatic heterocycles. The summed E-state index contributed by atoms with van der Waals surface area (Å²) in [5.41, 5.74) is 0.402. The average Bonchev–Trinajstić information content (AvgIpc) is 2.63. The van der Waals surface area contributed by atoms with Gasteiger partial charge >= 0.3 is 0 Å². The average molecular weight is 421 g/mol. The number of amides is 1. The highest BCUT2D eigenvalue weighted by Gasteiger charge is 2.33. The van der Waals surface area contributed by atoms with Crippen LogP contribution in [0.25, 0.3) is 0 Å². The lowest BCUT2D eigenvalue weighted by Gasteiger charge is -2.32. The first kappa shape index (κ1) is 21.5. The summed E-state index contributed by atoms with van der Waals surface area (Å²) in [5, 5.41) is 3.69. The highest BCUT2D eigenvalue weighted by molar-refractivity contribution is 7.88. The number of rotatable bonds is 7. The molecule has 2 rings (SSSR count). The molecule has 146 valence electrons. The van der Waals surface area contributed by atoms with Crippen molar-refractivity contribution in [2.24, 2.45) is 5.92 Å². The number of hydrogen-bond donors (Lipinski definition) is 1. The molecule has 1 fully saturated rings. The standard InChI is InChI=1S/C18H26Cl2N2O3S/c1-3-14(4-2)21-18(23)13-7-6-10-22(11-13)26(24,25)12-15-16(19)8-5-9-17(15)20/h5,8-9,13-14H,3-4,6-7,10-12H2,1-2H3,(H,21,23). The van der Waals surface area contributed by atoms with Crippen LogP contribution in [0.2, 0.25) is 10.0 Å². The summed E-state index contributed by atoms with van der Waals surface area (Å²) < 4.78 is 27.1. The molecule has 8 heteroatoms. The fourth-order valence-electron chi connectivity index (χ4n) is 3.16. The van der Waals surface area contributed by atoms with Gasteiger partial charge in [0.1, 0.15) is 0 Å². The Balaban J connectivity index is 2.09. The van der Waals surface area contributed by atoms with Gasteiger partial charge in [0.15, 0.2) is 0 Å². The van der Waals surface area contributed by atoms with Crippen molar-refractivity contribution in [2.45, 2.75) is 51.3 Å². The van der Waals surface area contributed by atoms with Crippen molar-refractivity contribution in [3.8, 4) is 0 Å². The van der Waals surface area contributed by atoms with E-state index >= 15 is 0 Å². The highest BCUT2D eigenvalue weighted by Crippen LogP contribution is 2.29. The third kappa shape index (κ3) is 5.35. The van der Waals surface area contributed by atoms with Gasteiger partial charge in [-0.3, -0.25) is 4.79 Å². The van der Waals surface area contributed by atoms with Crippen LogP contribution in [-0.4, -0.2) is 37.8 Å². The zero-order valence-corrected chi connectivity index (χ0v) is 17.5. The van der Waals surface area contributed by atoms with Crippen LogP contribution in [0.4, 0.5) is 0 Å². The first-order valence-corrected chi connectivity index (χ1v) is 11.4. The Hall–Kier alpha value is -0.820. The Morgan fingerprint density at radius 3 is 2.46 bits per heavy atom. The molecule has 1 heterocycles. The monoisotopic (exact) mass is 420 g/mol. The summed E-state index contributed by atoms with van der Waals surface area (Å²) in [4.78, 5) is 12.5. The molecule has 1 amide bonds. The van der Waals surface area contributed by atoms with Gasteiger partial charge in [-0.1, -0.05) is 43.1 Å². The van der Waals surface area contributed by atoms with Gasteiger partial charge in [-0.05, 0) is 37.8 Å². The van der Waals surface area contributed by atoms with E-state index in [9.17, 15) is 13.2 Å². The molecule has 1 saturated heterocycles. The number of halogens is 2. The van der Waals surface area contributed by atoms with E-state index in [2.05, 4.69) is 5.32 Å². The second-order valence-electron chi connectivity index (χ2n) is 6.68. The summed E-state index contributed by atoms with van der Waals surface area (Å²) in [6.07, 6.45) is 3.09. The summed E-state index contributed by atoms with van der Waals surface area (Å²) >= 11 is 12.2. The first-order chi connectivity index (χ1) is 12.3. The van der Waals surface area contributed by atoms with Crippen LogP contribution in [0.3, 0.4) is 0 Å². The summed E-state index contributed by atoms with van der Waals surface area (Å²) in [6.45, 7) is 4.68. The molecule has 0 spiro atoms. The van der Waals surface area contributed by atoms with Crippen molar-refractivity contribution >= 4 is 39.1 Å². The van der Waals surface area contributed by atoms with Crippen LogP contribution in [0.5, 0.6) is 0 Å². The fraction of sp³-hybridized carbons (Fsp3) is 0.611. The summed E-state index contributed by atoms with van der Waals surface area (Å²) in [5.74, 6) is -0.637. The molecule has 0 radical (unpaired) electrons. The van der Waals surface area contributed by atoms with Crippen LogP contribution in [0.1, 0.15) is 45.1 Å². The number of nitrogens with one attached hydrogen (secondary N) is 1. The normalized spacial score (nSPS) is 18.9. The Kier molecular flexibility index (Phi) is 7.76. The minimum atomic E-state index is -3.60. The maximum atomic E-state index is 12.8. The smallest absolute Gasteiger partial charge is 0.224 e. The second kappa shape index (κ2) is 9.40. The topological polar surface area (TPSA) is 66.5 Å². The van der Waals surface area contributed by atoms with Gasteiger partial charge in [0.25, 0.3) is 0 Å². The van der Waals surface area contributed by atoms with Crippen LogP contribution in [-0.2, 0) is 20.6 Å². The van der Waals surface area contributed by atoms with Crippen LogP contribution < -0.4 is 5.32 Å². The molecule has 0 bridgehead atoms. The van der Waals surface area contributed by atoms with Crippen molar-refractivity contribution in [2.75, 3.05) is 13.1 Å². The van der Waals surface area contributed by atoms with E-state index in [1.54, 1.807) is 18.2 Å². The molecule has 1 N–H and O–H groups in total. The lowest BCUT2D eigenvalue weighted by atomic mass is 9.98. The predicted molar refractivity (Wildman–Crippen MR) is 106 cm³/mol. The maximum Gasteiger partial charge on any atom is 0.224 e. The SMILES string of the molecule is CCC(CC)NC(=O)C1CCCN(S(=O)(=O)Cc2c(Cl)cccc2Cl)C1. The summed E-state index contributed by atoms with van der Waals surface area (Å²) in [7, 11) is -3.60. The van der Waals surface area contributed by atoms with Crippen molar-refractivity contribution < 1.29 is 13.2 Å².